The molecule has 0 bridgehead atoms. The first-order valence-corrected chi connectivity index (χ1v) is 10.4. The first-order chi connectivity index (χ1) is 15.0. The van der Waals surface area contributed by atoms with Gasteiger partial charge in [0, 0.05) is 6.07 Å². The zero-order valence-corrected chi connectivity index (χ0v) is 17.5. The number of anilines is 1. The van der Waals surface area contributed by atoms with E-state index in [-0.39, 0.29) is 24.0 Å². The third kappa shape index (κ3) is 4.54. The lowest BCUT2D eigenvalue weighted by atomic mass is 10.2. The molecule has 1 aromatic heterocycles. The summed E-state index contributed by atoms with van der Waals surface area (Å²) in [6.45, 7) is 1.96. The molecule has 4 aromatic rings. The summed E-state index contributed by atoms with van der Waals surface area (Å²) in [5.74, 6) is -0.278. The quantitative estimate of drug-likeness (QED) is 0.298. The van der Waals surface area contributed by atoms with Gasteiger partial charge in [0.05, 0.1) is 21.7 Å². The van der Waals surface area contributed by atoms with Crippen LogP contribution in [-0.2, 0) is 11.3 Å². The summed E-state index contributed by atoms with van der Waals surface area (Å²) >= 11 is 1.43. The van der Waals surface area contributed by atoms with Crippen LogP contribution >= 0.6 is 11.3 Å². The van der Waals surface area contributed by atoms with Crippen LogP contribution in [0.25, 0.3) is 10.2 Å². The Labute approximate surface area is 182 Å². The van der Waals surface area contributed by atoms with E-state index in [0.717, 1.165) is 21.3 Å². The molecule has 1 amide bonds. The molecular formula is C23H19N3O4S. The van der Waals surface area contributed by atoms with Crippen molar-refractivity contribution in [3.05, 3.63) is 94.0 Å². The van der Waals surface area contributed by atoms with Crippen molar-refractivity contribution < 1.29 is 14.5 Å². The monoisotopic (exact) mass is 433 g/mol. The number of carbonyl (C=O) groups excluding carboxylic acids is 1. The minimum Gasteiger partial charge on any atom is -0.477 e. The largest absolute Gasteiger partial charge is 0.477 e. The second-order valence-corrected chi connectivity index (χ2v) is 7.91. The Morgan fingerprint density at radius 2 is 1.81 bits per heavy atom. The van der Waals surface area contributed by atoms with Gasteiger partial charge in [-0.1, -0.05) is 65.9 Å². The van der Waals surface area contributed by atoms with Crippen molar-refractivity contribution >= 4 is 38.3 Å². The average molecular weight is 433 g/mol. The van der Waals surface area contributed by atoms with Crippen molar-refractivity contribution in [2.45, 2.75) is 13.5 Å². The molecule has 31 heavy (non-hydrogen) atoms. The van der Waals surface area contributed by atoms with Crippen LogP contribution in [0.4, 0.5) is 10.8 Å². The van der Waals surface area contributed by atoms with Crippen molar-refractivity contribution in [3.8, 4) is 5.75 Å². The van der Waals surface area contributed by atoms with Crippen LogP contribution in [0.15, 0.2) is 72.8 Å². The molecule has 0 aliphatic rings. The Balaban J connectivity index is 1.63. The van der Waals surface area contributed by atoms with Crippen LogP contribution < -0.4 is 9.64 Å². The van der Waals surface area contributed by atoms with E-state index in [0.29, 0.717) is 11.7 Å². The molecule has 4 rings (SSSR count). The predicted octanol–water partition coefficient (Wildman–Crippen LogP) is 5.13. The second kappa shape index (κ2) is 8.93. The van der Waals surface area contributed by atoms with Gasteiger partial charge in [-0.3, -0.25) is 19.8 Å². The number of nitro benzene ring substituents is 1. The molecule has 0 atom stereocenters. The number of nitro groups is 1. The fraction of sp³-hybridized carbons (Fsp3) is 0.130. The van der Waals surface area contributed by atoms with E-state index >= 15 is 0 Å². The van der Waals surface area contributed by atoms with E-state index < -0.39 is 4.92 Å². The highest BCUT2D eigenvalue weighted by Gasteiger charge is 2.23. The topological polar surface area (TPSA) is 85.6 Å². The summed E-state index contributed by atoms with van der Waals surface area (Å²) in [4.78, 5) is 30.1. The van der Waals surface area contributed by atoms with Gasteiger partial charge in [0.15, 0.2) is 17.5 Å². The van der Waals surface area contributed by atoms with Crippen LogP contribution in [0.3, 0.4) is 0 Å². The minimum absolute atomic E-state index is 0.0562. The average Bonchev–Trinajstić information content (AvgIpc) is 3.22. The molecule has 0 N–H and O–H groups in total. The summed E-state index contributed by atoms with van der Waals surface area (Å²) < 4.78 is 6.53. The van der Waals surface area contributed by atoms with Crippen molar-refractivity contribution in [1.82, 2.24) is 4.98 Å². The summed E-state index contributed by atoms with van der Waals surface area (Å²) in [6.07, 6.45) is 0. The summed E-state index contributed by atoms with van der Waals surface area (Å²) in [6, 6.07) is 21.5. The Morgan fingerprint density at radius 1 is 1.06 bits per heavy atom. The number of amides is 1. The normalized spacial score (nSPS) is 10.7. The number of benzene rings is 3. The number of para-hydroxylation sites is 3. The minimum atomic E-state index is -0.530. The van der Waals surface area contributed by atoms with Crippen LogP contribution in [0.2, 0.25) is 0 Å². The second-order valence-electron chi connectivity index (χ2n) is 6.90. The number of fused-ring (bicyclic) bond motifs is 1. The molecule has 1 heterocycles. The Morgan fingerprint density at radius 3 is 2.55 bits per heavy atom. The maximum Gasteiger partial charge on any atom is 0.310 e. The highest BCUT2D eigenvalue weighted by Crippen LogP contribution is 2.32. The molecule has 8 heteroatoms. The van der Waals surface area contributed by atoms with Gasteiger partial charge in [0.1, 0.15) is 0 Å². The zero-order chi connectivity index (χ0) is 21.8. The molecule has 0 unspecified atom stereocenters. The van der Waals surface area contributed by atoms with E-state index in [1.165, 1.54) is 23.5 Å². The van der Waals surface area contributed by atoms with Gasteiger partial charge in [-0.2, -0.15) is 0 Å². The Hall–Kier alpha value is -3.78. The lowest BCUT2D eigenvalue weighted by molar-refractivity contribution is -0.385. The van der Waals surface area contributed by atoms with Crippen LogP contribution in [-0.4, -0.2) is 22.4 Å². The summed E-state index contributed by atoms with van der Waals surface area (Å²) in [5.41, 5.74) is 2.65. The highest BCUT2D eigenvalue weighted by molar-refractivity contribution is 7.22. The van der Waals surface area contributed by atoms with Gasteiger partial charge in [-0.15, -0.1) is 0 Å². The van der Waals surface area contributed by atoms with E-state index in [1.54, 1.807) is 17.0 Å². The summed E-state index contributed by atoms with van der Waals surface area (Å²) in [5, 5.41) is 11.8. The molecule has 156 valence electrons. The van der Waals surface area contributed by atoms with E-state index in [1.807, 2.05) is 55.5 Å². The number of hydrogen-bond donors (Lipinski definition) is 0. The van der Waals surface area contributed by atoms with Crippen molar-refractivity contribution in [3.63, 3.8) is 0 Å². The number of hydrogen-bond acceptors (Lipinski definition) is 6. The standard InChI is InChI=1S/C23H19N3O4S/c1-16-8-7-13-20-22(16)24-23(31-20)25(14-17-9-3-2-4-10-17)21(27)15-30-19-12-6-5-11-18(19)26(28)29/h2-13H,14-15H2,1H3. The Bertz CT molecular complexity index is 1240. The van der Waals surface area contributed by atoms with Gasteiger partial charge in [0.2, 0.25) is 0 Å². The number of nitrogens with zero attached hydrogens (tertiary/aromatic N) is 3. The molecule has 0 fully saturated rings. The molecule has 0 saturated carbocycles. The highest BCUT2D eigenvalue weighted by atomic mass is 32.1. The maximum absolute atomic E-state index is 13.2. The molecule has 0 saturated heterocycles. The van der Waals surface area contributed by atoms with Crippen LogP contribution in [0, 0.1) is 17.0 Å². The van der Waals surface area contributed by atoms with Crippen LogP contribution in [0.1, 0.15) is 11.1 Å². The fourth-order valence-corrected chi connectivity index (χ4v) is 4.23. The van der Waals surface area contributed by atoms with Crippen molar-refractivity contribution in [2.24, 2.45) is 0 Å². The number of aromatic nitrogens is 1. The molecule has 0 radical (unpaired) electrons. The first-order valence-electron chi connectivity index (χ1n) is 9.59. The summed E-state index contributed by atoms with van der Waals surface area (Å²) in [7, 11) is 0. The number of rotatable bonds is 7. The first kappa shape index (κ1) is 20.5. The SMILES string of the molecule is Cc1cccc2sc(N(Cc3ccccc3)C(=O)COc3ccccc3[N+](=O)[O-])nc12. The Kier molecular flexibility index (Phi) is 5.90. The number of carbonyl (C=O) groups is 1. The predicted molar refractivity (Wildman–Crippen MR) is 121 cm³/mol. The van der Waals surface area contributed by atoms with Gasteiger partial charge in [0.25, 0.3) is 5.91 Å². The molecule has 0 spiro atoms. The number of ether oxygens (including phenoxy) is 1. The maximum atomic E-state index is 13.2. The van der Waals surface area contributed by atoms with Gasteiger partial charge < -0.3 is 4.74 Å². The molecule has 7 nitrogen and oxygen atoms in total. The van der Waals surface area contributed by atoms with E-state index in [2.05, 4.69) is 0 Å². The molecular weight excluding hydrogens is 414 g/mol. The molecule has 0 aliphatic heterocycles. The van der Waals surface area contributed by atoms with E-state index in [9.17, 15) is 14.9 Å². The van der Waals surface area contributed by atoms with Gasteiger partial charge >= 0.3 is 5.69 Å². The van der Waals surface area contributed by atoms with E-state index in [4.69, 9.17) is 9.72 Å². The van der Waals surface area contributed by atoms with Crippen molar-refractivity contribution in [1.29, 1.82) is 0 Å². The third-order valence-corrected chi connectivity index (χ3v) is 5.78. The smallest absolute Gasteiger partial charge is 0.310 e. The lowest BCUT2D eigenvalue weighted by Crippen LogP contribution is -2.34. The lowest BCUT2D eigenvalue weighted by Gasteiger charge is -2.20. The number of thiazole rings is 1. The third-order valence-electron chi connectivity index (χ3n) is 4.74. The molecule has 0 aliphatic carbocycles. The van der Waals surface area contributed by atoms with Gasteiger partial charge in [-0.25, -0.2) is 4.98 Å². The zero-order valence-electron chi connectivity index (χ0n) is 16.7. The van der Waals surface area contributed by atoms with Gasteiger partial charge in [-0.05, 0) is 30.2 Å². The number of aryl methyl sites for hydroxylation is 1. The van der Waals surface area contributed by atoms with Crippen LogP contribution in [0.5, 0.6) is 5.75 Å². The molecule has 3 aromatic carbocycles. The fourth-order valence-electron chi connectivity index (χ4n) is 3.17. The van der Waals surface area contributed by atoms with Crippen molar-refractivity contribution in [2.75, 3.05) is 11.5 Å².